The number of aromatic amines is 1. The lowest BCUT2D eigenvalue weighted by Gasteiger charge is -2.34. The third kappa shape index (κ3) is 3.98. The number of esters is 1. The lowest BCUT2D eigenvalue weighted by atomic mass is 9.95. The van der Waals surface area contributed by atoms with Crippen LogP contribution in [0.25, 0.3) is 10.9 Å². The van der Waals surface area contributed by atoms with Gasteiger partial charge < -0.3 is 20.8 Å². The van der Waals surface area contributed by atoms with Gasteiger partial charge in [-0.05, 0) is 51.1 Å². The summed E-state index contributed by atoms with van der Waals surface area (Å²) in [5.41, 5.74) is 6.53. The summed E-state index contributed by atoms with van der Waals surface area (Å²) in [6.07, 6.45) is 1.26. The molecule has 8 nitrogen and oxygen atoms in total. The Morgan fingerprint density at radius 1 is 1.32 bits per heavy atom. The zero-order valence-electron chi connectivity index (χ0n) is 15.8. The van der Waals surface area contributed by atoms with Gasteiger partial charge in [-0.25, -0.2) is 4.79 Å². The van der Waals surface area contributed by atoms with Gasteiger partial charge in [0.05, 0.1) is 18.8 Å². The molecule has 0 radical (unpaired) electrons. The van der Waals surface area contributed by atoms with Crippen molar-refractivity contribution in [1.29, 1.82) is 0 Å². The van der Waals surface area contributed by atoms with Gasteiger partial charge in [0.1, 0.15) is 5.69 Å². The molecule has 4 N–H and O–H groups in total. The average Bonchev–Trinajstić information content (AvgIpc) is 3.04. The summed E-state index contributed by atoms with van der Waals surface area (Å²) in [6, 6.07) is 4.66. The van der Waals surface area contributed by atoms with E-state index in [2.05, 4.69) is 10.3 Å². The maximum absolute atomic E-state index is 12.9. The molecule has 1 aromatic carbocycles. The summed E-state index contributed by atoms with van der Waals surface area (Å²) in [5.74, 6) is -1.29. The second kappa shape index (κ2) is 8.20. The number of H-pyrrole nitrogens is 1. The van der Waals surface area contributed by atoms with Crippen LogP contribution < -0.4 is 11.1 Å². The van der Waals surface area contributed by atoms with Crippen molar-refractivity contribution in [1.82, 2.24) is 9.88 Å². The molecule has 0 spiro atoms. The molecule has 1 atom stereocenters. The van der Waals surface area contributed by atoms with Crippen molar-refractivity contribution in [2.24, 2.45) is 11.7 Å². The zero-order valence-corrected chi connectivity index (χ0v) is 16.5. The number of hydrogen-bond donors (Lipinski definition) is 3. The van der Waals surface area contributed by atoms with Gasteiger partial charge in [0.25, 0.3) is 0 Å². The Morgan fingerprint density at radius 2 is 2.00 bits per heavy atom. The number of methoxy groups -OCH3 is 1. The first-order chi connectivity index (χ1) is 13.3. The van der Waals surface area contributed by atoms with Crippen molar-refractivity contribution in [3.63, 3.8) is 0 Å². The van der Waals surface area contributed by atoms with Gasteiger partial charge in [-0.2, -0.15) is 0 Å². The van der Waals surface area contributed by atoms with Gasteiger partial charge >= 0.3 is 5.97 Å². The number of piperidine rings is 1. The van der Waals surface area contributed by atoms with Gasteiger partial charge in [0, 0.05) is 21.8 Å². The first kappa shape index (κ1) is 20.2. The summed E-state index contributed by atoms with van der Waals surface area (Å²) >= 11 is 6.08. The van der Waals surface area contributed by atoms with Crippen molar-refractivity contribution >= 4 is 46.0 Å². The third-order valence-corrected chi connectivity index (χ3v) is 5.49. The maximum atomic E-state index is 12.9. The van der Waals surface area contributed by atoms with Crippen LogP contribution in [-0.2, 0) is 14.3 Å². The Bertz CT molecular complexity index is 918. The number of fused-ring (bicyclic) bond motifs is 1. The molecule has 0 aliphatic carbocycles. The minimum absolute atomic E-state index is 0.145. The monoisotopic (exact) mass is 406 g/mol. The molecule has 150 valence electrons. The van der Waals surface area contributed by atoms with Crippen molar-refractivity contribution in [3.8, 4) is 0 Å². The standard InChI is InChI=1S/C19H23ClN4O4/c1-10(24-7-5-11(6-8-24)17(21)25)18(26)23-15-13-9-12(20)3-4-14(13)22-16(15)19(27)28-2/h3-4,9-11,22H,5-8H2,1-2H3,(H2,21,25)(H,23,26)/t10-/m1/s1. The third-order valence-electron chi connectivity index (χ3n) is 5.26. The largest absolute Gasteiger partial charge is 0.464 e. The molecule has 0 saturated carbocycles. The fourth-order valence-corrected chi connectivity index (χ4v) is 3.69. The average molecular weight is 407 g/mol. The van der Waals surface area contributed by atoms with Crippen LogP contribution in [0.1, 0.15) is 30.3 Å². The van der Waals surface area contributed by atoms with Crippen LogP contribution in [0.5, 0.6) is 0 Å². The van der Waals surface area contributed by atoms with E-state index in [9.17, 15) is 14.4 Å². The number of carbonyl (C=O) groups excluding carboxylic acids is 3. The molecule has 28 heavy (non-hydrogen) atoms. The van der Waals surface area contributed by atoms with Crippen LogP contribution in [-0.4, -0.2) is 53.9 Å². The van der Waals surface area contributed by atoms with Gasteiger partial charge in [-0.15, -0.1) is 0 Å². The van der Waals surface area contributed by atoms with E-state index in [1.165, 1.54) is 7.11 Å². The second-order valence-corrected chi connectivity index (χ2v) is 7.37. The van der Waals surface area contributed by atoms with E-state index in [4.69, 9.17) is 22.1 Å². The number of anilines is 1. The smallest absolute Gasteiger partial charge is 0.356 e. The predicted molar refractivity (Wildman–Crippen MR) is 106 cm³/mol. The van der Waals surface area contributed by atoms with Crippen LogP contribution >= 0.6 is 11.6 Å². The lowest BCUT2D eigenvalue weighted by Crippen LogP contribution is -2.47. The number of amides is 2. The number of carbonyl (C=O) groups is 3. The summed E-state index contributed by atoms with van der Waals surface area (Å²) in [6.45, 7) is 3.00. The summed E-state index contributed by atoms with van der Waals surface area (Å²) in [4.78, 5) is 41.3. The summed E-state index contributed by atoms with van der Waals surface area (Å²) in [7, 11) is 1.28. The molecule has 3 rings (SSSR count). The normalized spacial score (nSPS) is 16.7. The molecule has 2 heterocycles. The Labute approximate surface area is 167 Å². The molecule has 1 aliphatic rings. The van der Waals surface area contributed by atoms with Crippen LogP contribution in [0.15, 0.2) is 18.2 Å². The number of benzene rings is 1. The summed E-state index contributed by atoms with van der Waals surface area (Å²) in [5, 5.41) is 3.96. The first-order valence-corrected chi connectivity index (χ1v) is 9.43. The van der Waals surface area contributed by atoms with Crippen molar-refractivity contribution in [2.45, 2.75) is 25.8 Å². The molecule has 1 aromatic heterocycles. The van der Waals surface area contributed by atoms with E-state index in [1.807, 2.05) is 4.90 Å². The molecule has 1 aliphatic heterocycles. The number of nitrogens with two attached hydrogens (primary N) is 1. The fourth-order valence-electron chi connectivity index (χ4n) is 3.51. The number of nitrogens with one attached hydrogen (secondary N) is 2. The molecular weight excluding hydrogens is 384 g/mol. The van der Waals surface area contributed by atoms with Gasteiger partial charge in [0.15, 0.2) is 0 Å². The zero-order chi connectivity index (χ0) is 20.4. The predicted octanol–water partition coefficient (Wildman–Crippen LogP) is 2.13. The van der Waals surface area contributed by atoms with Crippen molar-refractivity contribution in [3.05, 3.63) is 28.9 Å². The topological polar surface area (TPSA) is 118 Å². The number of likely N-dealkylation sites (tertiary alicyclic amines) is 1. The number of hydrogen-bond acceptors (Lipinski definition) is 5. The minimum atomic E-state index is -0.586. The maximum Gasteiger partial charge on any atom is 0.356 e. The number of nitrogens with zero attached hydrogens (tertiary/aromatic N) is 1. The van der Waals surface area contributed by atoms with Gasteiger partial charge in [0.2, 0.25) is 11.8 Å². The van der Waals surface area contributed by atoms with E-state index in [0.717, 1.165) is 0 Å². The molecular formula is C19H23ClN4O4. The second-order valence-electron chi connectivity index (χ2n) is 6.93. The van der Waals surface area contributed by atoms with E-state index >= 15 is 0 Å². The molecule has 0 unspecified atom stereocenters. The van der Waals surface area contributed by atoms with E-state index in [1.54, 1.807) is 25.1 Å². The minimum Gasteiger partial charge on any atom is -0.464 e. The Kier molecular flexibility index (Phi) is 5.90. The van der Waals surface area contributed by atoms with Gasteiger partial charge in [-0.1, -0.05) is 11.6 Å². The van der Waals surface area contributed by atoms with E-state index in [0.29, 0.717) is 47.5 Å². The highest BCUT2D eigenvalue weighted by molar-refractivity contribution is 6.31. The van der Waals surface area contributed by atoms with E-state index < -0.39 is 12.0 Å². The van der Waals surface area contributed by atoms with Crippen LogP contribution in [0.3, 0.4) is 0 Å². The Morgan fingerprint density at radius 3 is 2.61 bits per heavy atom. The number of ether oxygens (including phenoxy) is 1. The molecule has 1 saturated heterocycles. The highest BCUT2D eigenvalue weighted by Crippen LogP contribution is 2.31. The SMILES string of the molecule is COC(=O)c1[nH]c2ccc(Cl)cc2c1NC(=O)[C@@H](C)N1CCC(C(N)=O)CC1. The Balaban J connectivity index is 1.81. The quantitative estimate of drug-likeness (QED) is 0.657. The van der Waals surface area contributed by atoms with Crippen molar-refractivity contribution < 1.29 is 19.1 Å². The lowest BCUT2D eigenvalue weighted by molar-refractivity contribution is -0.124. The molecule has 2 amide bonds. The van der Waals surface area contributed by atoms with Gasteiger partial charge in [-0.3, -0.25) is 14.5 Å². The number of rotatable bonds is 5. The number of aromatic nitrogens is 1. The molecule has 9 heteroatoms. The van der Waals surface area contributed by atoms with Crippen LogP contribution in [0, 0.1) is 5.92 Å². The highest BCUT2D eigenvalue weighted by atomic mass is 35.5. The molecule has 0 bridgehead atoms. The Hall–Kier alpha value is -2.58. The van der Waals surface area contributed by atoms with E-state index in [-0.39, 0.29) is 23.4 Å². The number of primary amides is 1. The van der Waals surface area contributed by atoms with Crippen LogP contribution in [0.4, 0.5) is 5.69 Å². The fraction of sp³-hybridized carbons (Fsp3) is 0.421. The summed E-state index contributed by atoms with van der Waals surface area (Å²) < 4.78 is 4.82. The highest BCUT2D eigenvalue weighted by Gasteiger charge is 2.30. The van der Waals surface area contributed by atoms with Crippen LogP contribution in [0.2, 0.25) is 5.02 Å². The first-order valence-electron chi connectivity index (χ1n) is 9.05. The molecule has 2 aromatic rings. The molecule has 1 fully saturated rings. The number of halogens is 1. The van der Waals surface area contributed by atoms with Crippen molar-refractivity contribution in [2.75, 3.05) is 25.5 Å².